The quantitative estimate of drug-likeness (QED) is 0.744. The summed E-state index contributed by atoms with van der Waals surface area (Å²) in [5, 5.41) is 8.87. The zero-order valence-corrected chi connectivity index (χ0v) is 9.82. The molecule has 1 saturated heterocycles. The van der Waals surface area contributed by atoms with Crippen molar-refractivity contribution in [2.75, 3.05) is 12.4 Å². The van der Waals surface area contributed by atoms with Crippen LogP contribution in [0.1, 0.15) is 25.7 Å². The first-order chi connectivity index (χ1) is 7.61. The zero-order valence-electron chi connectivity index (χ0n) is 9.06. The number of hydrogen-bond acceptors (Lipinski definition) is 2. The van der Waals surface area contributed by atoms with Crippen LogP contribution < -0.4 is 0 Å². The van der Waals surface area contributed by atoms with Gasteiger partial charge in [-0.05, 0) is 24.7 Å². The number of carbonyl (C=O) groups excluding carboxylic acids is 1. The average Bonchev–Trinajstić information content (AvgIpc) is 2.99. The molecular weight excluding hydrogens is 230 g/mol. The van der Waals surface area contributed by atoms with Crippen molar-refractivity contribution in [3.05, 3.63) is 0 Å². The third-order valence-corrected chi connectivity index (χ3v) is 3.84. The van der Waals surface area contributed by atoms with Gasteiger partial charge < -0.3 is 10.0 Å². The van der Waals surface area contributed by atoms with Gasteiger partial charge in [0.15, 0.2) is 0 Å². The fourth-order valence-corrected chi connectivity index (χ4v) is 2.63. The Kier molecular flexibility index (Phi) is 3.38. The van der Waals surface area contributed by atoms with Gasteiger partial charge in [0.05, 0.1) is 6.42 Å². The molecule has 1 aliphatic heterocycles. The van der Waals surface area contributed by atoms with Crippen molar-refractivity contribution in [1.29, 1.82) is 0 Å². The number of carboxylic acids is 1. The molecule has 2 fully saturated rings. The lowest BCUT2D eigenvalue weighted by Crippen LogP contribution is -2.39. The highest BCUT2D eigenvalue weighted by Crippen LogP contribution is 2.39. The molecule has 0 aromatic rings. The molecule has 2 aliphatic rings. The third-order valence-electron chi connectivity index (χ3n) is 3.41. The van der Waals surface area contributed by atoms with Crippen LogP contribution in [0, 0.1) is 11.8 Å². The first kappa shape index (κ1) is 11.7. The lowest BCUT2D eigenvalue weighted by atomic mass is 10.1. The Labute approximate surface area is 99.6 Å². The molecule has 4 nitrogen and oxygen atoms in total. The molecule has 2 unspecified atom stereocenters. The van der Waals surface area contributed by atoms with Crippen LogP contribution in [-0.4, -0.2) is 40.3 Å². The Hall–Kier alpha value is -0.770. The summed E-state index contributed by atoms with van der Waals surface area (Å²) < 4.78 is 0. The van der Waals surface area contributed by atoms with E-state index in [9.17, 15) is 9.59 Å². The average molecular weight is 246 g/mol. The molecule has 1 amide bonds. The fraction of sp³-hybridized carbons (Fsp3) is 0.818. The highest BCUT2D eigenvalue weighted by atomic mass is 35.5. The van der Waals surface area contributed by atoms with E-state index in [0.29, 0.717) is 24.8 Å². The van der Waals surface area contributed by atoms with Crippen LogP contribution in [0.2, 0.25) is 0 Å². The maximum atomic E-state index is 11.8. The molecule has 5 heteroatoms. The van der Waals surface area contributed by atoms with Crippen LogP contribution in [0.3, 0.4) is 0 Å². The minimum atomic E-state index is -0.820. The van der Waals surface area contributed by atoms with E-state index in [1.165, 1.54) is 0 Å². The van der Waals surface area contributed by atoms with E-state index in [1.54, 1.807) is 4.90 Å². The van der Waals surface area contributed by atoms with Crippen molar-refractivity contribution in [2.45, 2.75) is 31.7 Å². The molecule has 2 rings (SSSR count). The maximum absolute atomic E-state index is 11.8. The molecule has 0 aromatic carbocycles. The highest BCUT2D eigenvalue weighted by Gasteiger charge is 2.42. The molecule has 0 aromatic heterocycles. The molecule has 0 bridgehead atoms. The molecule has 16 heavy (non-hydrogen) atoms. The van der Waals surface area contributed by atoms with Gasteiger partial charge in [-0.2, -0.15) is 0 Å². The Morgan fingerprint density at radius 1 is 1.56 bits per heavy atom. The van der Waals surface area contributed by atoms with Crippen molar-refractivity contribution >= 4 is 23.5 Å². The normalized spacial score (nSPS) is 27.2. The number of carbonyl (C=O) groups is 2. The zero-order chi connectivity index (χ0) is 11.7. The summed E-state index contributed by atoms with van der Waals surface area (Å²) >= 11 is 5.75. The standard InChI is InChI=1S/C11H16ClNO3/c12-5-7-3-10(14)13(6-7)9(4-11(15)16)8-1-2-8/h7-9H,1-6H2,(H,15,16). The van der Waals surface area contributed by atoms with Gasteiger partial charge in [-0.15, -0.1) is 11.6 Å². The van der Waals surface area contributed by atoms with Crippen LogP contribution in [0.15, 0.2) is 0 Å². The van der Waals surface area contributed by atoms with Crippen molar-refractivity contribution < 1.29 is 14.7 Å². The number of alkyl halides is 1. The summed E-state index contributed by atoms with van der Waals surface area (Å²) in [4.78, 5) is 24.3. The SMILES string of the molecule is O=C(O)CC(C1CC1)N1CC(CCl)CC1=O. The monoisotopic (exact) mass is 245 g/mol. The van der Waals surface area contributed by atoms with Gasteiger partial charge in [0.1, 0.15) is 0 Å². The summed E-state index contributed by atoms with van der Waals surface area (Å²) in [5.74, 6) is 0.327. The highest BCUT2D eigenvalue weighted by molar-refractivity contribution is 6.18. The lowest BCUT2D eigenvalue weighted by Gasteiger charge is -2.27. The first-order valence-electron chi connectivity index (χ1n) is 5.69. The van der Waals surface area contributed by atoms with E-state index in [4.69, 9.17) is 16.7 Å². The molecule has 0 spiro atoms. The second-order valence-corrected chi connectivity index (χ2v) is 5.08. The van der Waals surface area contributed by atoms with Crippen LogP contribution in [0.25, 0.3) is 0 Å². The maximum Gasteiger partial charge on any atom is 0.305 e. The van der Waals surface area contributed by atoms with E-state index in [0.717, 1.165) is 12.8 Å². The fourth-order valence-electron chi connectivity index (χ4n) is 2.42. The number of hydrogen-bond donors (Lipinski definition) is 1. The Balaban J connectivity index is 2.02. The van der Waals surface area contributed by atoms with E-state index >= 15 is 0 Å². The van der Waals surface area contributed by atoms with E-state index in [2.05, 4.69) is 0 Å². The predicted molar refractivity (Wildman–Crippen MR) is 59.3 cm³/mol. The number of nitrogens with zero attached hydrogens (tertiary/aromatic N) is 1. The topological polar surface area (TPSA) is 57.6 Å². The Bertz CT molecular complexity index is 304. The largest absolute Gasteiger partial charge is 0.481 e. The number of halogens is 1. The number of likely N-dealkylation sites (tertiary alicyclic amines) is 1. The molecule has 1 saturated carbocycles. The molecule has 90 valence electrons. The van der Waals surface area contributed by atoms with Gasteiger partial charge in [0.25, 0.3) is 0 Å². The van der Waals surface area contributed by atoms with Crippen molar-refractivity contribution in [2.24, 2.45) is 11.8 Å². The van der Waals surface area contributed by atoms with Crippen molar-refractivity contribution in [1.82, 2.24) is 4.90 Å². The van der Waals surface area contributed by atoms with Crippen molar-refractivity contribution in [3.63, 3.8) is 0 Å². The van der Waals surface area contributed by atoms with Crippen LogP contribution in [0.4, 0.5) is 0 Å². The predicted octanol–water partition coefficient (Wildman–Crippen LogP) is 1.33. The summed E-state index contributed by atoms with van der Waals surface area (Å²) in [5.41, 5.74) is 0. The molecule has 2 atom stereocenters. The van der Waals surface area contributed by atoms with E-state index in [1.807, 2.05) is 0 Å². The Morgan fingerprint density at radius 3 is 2.69 bits per heavy atom. The number of rotatable bonds is 5. The summed E-state index contributed by atoms with van der Waals surface area (Å²) in [6, 6.07) is -0.0989. The second kappa shape index (κ2) is 4.62. The van der Waals surface area contributed by atoms with Gasteiger partial charge in [-0.3, -0.25) is 9.59 Å². The van der Waals surface area contributed by atoms with Crippen LogP contribution >= 0.6 is 11.6 Å². The molecule has 1 N–H and O–H groups in total. The van der Waals surface area contributed by atoms with Crippen LogP contribution in [0.5, 0.6) is 0 Å². The lowest BCUT2D eigenvalue weighted by molar-refractivity contribution is -0.140. The Morgan fingerprint density at radius 2 is 2.25 bits per heavy atom. The minimum absolute atomic E-state index is 0.0730. The third kappa shape index (κ3) is 2.48. The molecular formula is C11H16ClNO3. The van der Waals surface area contributed by atoms with Crippen molar-refractivity contribution in [3.8, 4) is 0 Å². The number of amides is 1. The summed E-state index contributed by atoms with van der Waals surface area (Å²) in [6.07, 6.45) is 2.65. The molecule has 0 radical (unpaired) electrons. The van der Waals surface area contributed by atoms with E-state index in [-0.39, 0.29) is 24.3 Å². The second-order valence-electron chi connectivity index (χ2n) is 4.77. The van der Waals surface area contributed by atoms with Crippen LogP contribution in [-0.2, 0) is 9.59 Å². The summed E-state index contributed by atoms with van der Waals surface area (Å²) in [6.45, 7) is 0.636. The van der Waals surface area contributed by atoms with Gasteiger partial charge in [-0.25, -0.2) is 0 Å². The van der Waals surface area contributed by atoms with Gasteiger partial charge in [0, 0.05) is 24.9 Å². The summed E-state index contributed by atoms with van der Waals surface area (Å²) in [7, 11) is 0. The number of aliphatic carboxylic acids is 1. The van der Waals surface area contributed by atoms with E-state index < -0.39 is 5.97 Å². The smallest absolute Gasteiger partial charge is 0.305 e. The van der Waals surface area contributed by atoms with Gasteiger partial charge in [0.2, 0.25) is 5.91 Å². The minimum Gasteiger partial charge on any atom is -0.481 e. The molecule has 1 aliphatic carbocycles. The van der Waals surface area contributed by atoms with Gasteiger partial charge >= 0.3 is 5.97 Å². The number of carboxylic acid groups (broad SMARTS) is 1. The molecule has 1 heterocycles. The van der Waals surface area contributed by atoms with Gasteiger partial charge in [-0.1, -0.05) is 0 Å². The first-order valence-corrected chi connectivity index (χ1v) is 6.22.